The summed E-state index contributed by atoms with van der Waals surface area (Å²) in [7, 11) is 0. The first-order chi connectivity index (χ1) is 22.3. The minimum Gasteiger partial charge on any atom is -0.463 e. The van der Waals surface area contributed by atoms with E-state index in [1.165, 1.54) is 107 Å². The lowest BCUT2D eigenvalue weighted by molar-refractivity contribution is -0.145. The van der Waals surface area contributed by atoms with E-state index in [4.69, 9.17) is 33.2 Å². The highest BCUT2D eigenvalue weighted by Crippen LogP contribution is 2.14. The van der Waals surface area contributed by atoms with Crippen molar-refractivity contribution in [1.82, 2.24) is 0 Å². The zero-order chi connectivity index (χ0) is 32.6. The molecule has 0 heterocycles. The van der Waals surface area contributed by atoms with Crippen LogP contribution in [0.15, 0.2) is 0 Å². The highest BCUT2D eigenvalue weighted by atomic mass is 127. The topological polar surface area (TPSA) is 81.7 Å². The first-order valence-corrected chi connectivity index (χ1v) is 20.0. The molecule has 9 heteroatoms. The molecule has 0 fully saturated rings. The third kappa shape index (κ3) is 41.9. The summed E-state index contributed by atoms with van der Waals surface area (Å²) in [6.45, 7) is 9.26. The molecule has 0 aromatic carbocycles. The molecule has 0 aromatic heterocycles. The van der Waals surface area contributed by atoms with Gasteiger partial charge >= 0.3 is 5.97 Å². The molecule has 0 N–H and O–H groups in total. The number of esters is 1. The molecule has 0 bridgehead atoms. The molecule has 0 aromatic rings. The van der Waals surface area contributed by atoms with Crippen LogP contribution in [0.3, 0.4) is 0 Å². The molecule has 0 saturated heterocycles. The molecule has 0 rings (SSSR count). The molecule has 270 valence electrons. The second-order valence-electron chi connectivity index (χ2n) is 11.7. The number of halogens is 1. The van der Waals surface area contributed by atoms with E-state index in [0.717, 1.165) is 25.9 Å². The number of rotatable bonds is 40. The van der Waals surface area contributed by atoms with Crippen LogP contribution in [0.5, 0.6) is 0 Å². The Balaban J connectivity index is 3.13. The first-order valence-electron chi connectivity index (χ1n) is 18.5. The Labute approximate surface area is 291 Å². The van der Waals surface area contributed by atoms with Crippen LogP contribution in [0.1, 0.15) is 135 Å². The van der Waals surface area contributed by atoms with Gasteiger partial charge in [-0.3, -0.25) is 4.79 Å². The minimum absolute atomic E-state index is 0.119. The molecule has 0 unspecified atom stereocenters. The van der Waals surface area contributed by atoms with Crippen LogP contribution in [0.25, 0.3) is 0 Å². The molecular formula is C36H71IO8. The van der Waals surface area contributed by atoms with Gasteiger partial charge in [0.25, 0.3) is 0 Å². The maximum atomic E-state index is 11.9. The normalized spacial score (nSPS) is 11.4. The lowest BCUT2D eigenvalue weighted by Gasteiger charge is -2.08. The average Bonchev–Trinajstić information content (AvgIpc) is 3.05. The summed E-state index contributed by atoms with van der Waals surface area (Å²) in [6.07, 6.45) is 25.3. The van der Waals surface area contributed by atoms with Gasteiger partial charge in [0.1, 0.15) is 6.61 Å². The Hall–Kier alpha value is -0.0400. The second kappa shape index (κ2) is 42.0. The molecule has 0 saturated carbocycles. The number of ether oxygens (including phenoxy) is 7. The van der Waals surface area contributed by atoms with Gasteiger partial charge in [-0.25, -0.2) is 0 Å². The van der Waals surface area contributed by atoms with E-state index in [-0.39, 0.29) is 5.97 Å². The summed E-state index contributed by atoms with van der Waals surface area (Å²) in [5, 5.41) is 0. The lowest BCUT2D eigenvalue weighted by Crippen LogP contribution is -2.15. The Morgan fingerprint density at radius 3 is 1.09 bits per heavy atom. The SMILES string of the molecule is CCCCCCCCCCCCCCCCCC(=O)OCCOCCOCCOCCOCCOCCOCCCCCCI. The van der Waals surface area contributed by atoms with Crippen LogP contribution in [0.4, 0.5) is 0 Å². The van der Waals surface area contributed by atoms with E-state index >= 15 is 0 Å². The van der Waals surface area contributed by atoms with Crippen molar-refractivity contribution in [1.29, 1.82) is 0 Å². The van der Waals surface area contributed by atoms with Crippen molar-refractivity contribution in [2.24, 2.45) is 0 Å². The number of hydrogen-bond donors (Lipinski definition) is 0. The Morgan fingerprint density at radius 2 is 0.689 bits per heavy atom. The van der Waals surface area contributed by atoms with Gasteiger partial charge in [0.15, 0.2) is 0 Å². The van der Waals surface area contributed by atoms with Gasteiger partial charge in [-0.1, -0.05) is 132 Å². The third-order valence-corrected chi connectivity index (χ3v) is 8.27. The fourth-order valence-electron chi connectivity index (χ4n) is 4.78. The van der Waals surface area contributed by atoms with Gasteiger partial charge in [0, 0.05) is 13.0 Å². The van der Waals surface area contributed by atoms with Crippen molar-refractivity contribution in [3.05, 3.63) is 0 Å². The summed E-state index contributed by atoms with van der Waals surface area (Å²) < 4.78 is 39.5. The molecule has 0 aliphatic heterocycles. The lowest BCUT2D eigenvalue weighted by atomic mass is 10.0. The Bertz CT molecular complexity index is 555. The first kappa shape index (κ1) is 45.0. The largest absolute Gasteiger partial charge is 0.463 e. The number of carbonyl (C=O) groups excluding carboxylic acids is 1. The van der Waals surface area contributed by atoms with Gasteiger partial charge in [0.05, 0.1) is 72.7 Å². The van der Waals surface area contributed by atoms with Gasteiger partial charge in [0.2, 0.25) is 0 Å². The molecule has 45 heavy (non-hydrogen) atoms. The molecule has 0 aliphatic rings. The van der Waals surface area contributed by atoms with Crippen molar-refractivity contribution < 1.29 is 38.0 Å². The highest BCUT2D eigenvalue weighted by molar-refractivity contribution is 14.1. The highest BCUT2D eigenvalue weighted by Gasteiger charge is 2.03. The smallest absolute Gasteiger partial charge is 0.305 e. The number of alkyl halides is 1. The van der Waals surface area contributed by atoms with Crippen molar-refractivity contribution in [3.8, 4) is 0 Å². The van der Waals surface area contributed by atoms with Crippen molar-refractivity contribution in [3.63, 3.8) is 0 Å². The Morgan fingerprint density at radius 1 is 0.378 bits per heavy atom. The number of unbranched alkanes of at least 4 members (excludes halogenated alkanes) is 17. The summed E-state index contributed by atoms with van der Waals surface area (Å²) >= 11 is 2.42. The van der Waals surface area contributed by atoms with Crippen LogP contribution >= 0.6 is 22.6 Å². The van der Waals surface area contributed by atoms with Crippen LogP contribution in [0, 0.1) is 0 Å². The standard InChI is InChI=1S/C36H71IO8/c1-2-3-4-5-6-7-8-9-10-11-12-13-14-15-18-21-36(38)45-35-34-44-33-32-43-31-30-42-29-28-41-27-26-40-25-24-39-23-20-17-16-19-22-37/h2-35H2,1H3. The van der Waals surface area contributed by atoms with E-state index in [1.807, 2.05) is 0 Å². The minimum atomic E-state index is -0.119. The zero-order valence-corrected chi connectivity index (χ0v) is 31.3. The van der Waals surface area contributed by atoms with E-state index < -0.39 is 0 Å². The molecule has 0 atom stereocenters. The van der Waals surface area contributed by atoms with E-state index in [2.05, 4.69) is 29.5 Å². The molecule has 0 amide bonds. The predicted molar refractivity (Wildman–Crippen MR) is 193 cm³/mol. The van der Waals surface area contributed by atoms with Crippen molar-refractivity contribution in [2.75, 3.05) is 90.3 Å². The molecular weight excluding hydrogens is 687 g/mol. The van der Waals surface area contributed by atoms with Gasteiger partial charge < -0.3 is 33.2 Å². The average molecular weight is 759 g/mol. The summed E-state index contributed by atoms with van der Waals surface area (Å²) in [5.74, 6) is -0.119. The number of carbonyl (C=O) groups is 1. The zero-order valence-electron chi connectivity index (χ0n) is 29.2. The maximum absolute atomic E-state index is 11.9. The van der Waals surface area contributed by atoms with Crippen molar-refractivity contribution in [2.45, 2.75) is 135 Å². The van der Waals surface area contributed by atoms with Crippen LogP contribution in [-0.4, -0.2) is 96.3 Å². The van der Waals surface area contributed by atoms with Crippen LogP contribution in [-0.2, 0) is 38.0 Å². The monoisotopic (exact) mass is 758 g/mol. The van der Waals surface area contributed by atoms with E-state index in [9.17, 15) is 4.79 Å². The third-order valence-electron chi connectivity index (χ3n) is 7.51. The quantitative estimate of drug-likeness (QED) is 0.0266. The predicted octanol–water partition coefficient (Wildman–Crippen LogP) is 8.89. The maximum Gasteiger partial charge on any atom is 0.305 e. The van der Waals surface area contributed by atoms with Crippen LogP contribution < -0.4 is 0 Å². The van der Waals surface area contributed by atoms with Crippen molar-refractivity contribution >= 4 is 28.6 Å². The molecule has 0 radical (unpaired) electrons. The fourth-order valence-corrected chi connectivity index (χ4v) is 5.32. The fraction of sp³-hybridized carbons (Fsp3) is 0.972. The summed E-state index contributed by atoms with van der Waals surface area (Å²) in [6, 6.07) is 0. The molecule has 0 aliphatic carbocycles. The van der Waals surface area contributed by atoms with E-state index in [1.54, 1.807) is 0 Å². The molecule has 8 nitrogen and oxygen atoms in total. The van der Waals surface area contributed by atoms with E-state index in [0.29, 0.717) is 85.7 Å². The second-order valence-corrected chi connectivity index (χ2v) is 12.8. The van der Waals surface area contributed by atoms with Gasteiger partial charge in [-0.05, 0) is 23.7 Å². The number of hydrogen-bond acceptors (Lipinski definition) is 8. The van der Waals surface area contributed by atoms with Gasteiger partial charge in [-0.2, -0.15) is 0 Å². The Kier molecular flexibility index (Phi) is 41.9. The summed E-state index contributed by atoms with van der Waals surface area (Å²) in [4.78, 5) is 11.9. The molecule has 0 spiro atoms. The van der Waals surface area contributed by atoms with Gasteiger partial charge in [-0.15, -0.1) is 0 Å². The summed E-state index contributed by atoms with van der Waals surface area (Å²) in [5.41, 5.74) is 0. The van der Waals surface area contributed by atoms with Crippen LogP contribution in [0.2, 0.25) is 0 Å².